The molecule has 0 bridgehead atoms. The maximum absolute atomic E-state index is 14.5. The van der Waals surface area contributed by atoms with E-state index in [9.17, 15) is 13.6 Å². The molecule has 3 atom stereocenters. The number of rotatable bonds is 3. The van der Waals surface area contributed by atoms with Gasteiger partial charge in [-0.05, 0) is 62.3 Å². The quantitative estimate of drug-likeness (QED) is 0.627. The smallest absolute Gasteiger partial charge is 0.410 e. The molecule has 1 aromatic heterocycles. The van der Waals surface area contributed by atoms with Gasteiger partial charge in [-0.15, -0.1) is 0 Å². The number of aromatic nitrogens is 2. The molecule has 2 aliphatic rings. The summed E-state index contributed by atoms with van der Waals surface area (Å²) in [5.74, 6) is -1.26. The van der Waals surface area contributed by atoms with Crippen LogP contribution in [0, 0.1) is 17.0 Å². The summed E-state index contributed by atoms with van der Waals surface area (Å²) >= 11 is 0. The molecule has 1 aliphatic carbocycles. The Kier molecular flexibility index (Phi) is 6.41. The van der Waals surface area contributed by atoms with E-state index in [1.54, 1.807) is 11.0 Å². The highest BCUT2D eigenvalue weighted by Crippen LogP contribution is 2.61. The van der Waals surface area contributed by atoms with Gasteiger partial charge in [0.15, 0.2) is 0 Å². The van der Waals surface area contributed by atoms with E-state index in [1.165, 1.54) is 18.2 Å². The highest BCUT2D eigenvalue weighted by molar-refractivity contribution is 5.68. The van der Waals surface area contributed by atoms with E-state index < -0.39 is 22.7 Å². The molecule has 1 N–H and O–H groups in total. The lowest BCUT2D eigenvalue weighted by atomic mass is 9.58. The molecule has 0 radical (unpaired) electrons. The molecule has 1 fully saturated rings. The van der Waals surface area contributed by atoms with Gasteiger partial charge >= 0.3 is 6.09 Å². The van der Waals surface area contributed by atoms with Gasteiger partial charge in [0.25, 0.3) is 0 Å². The molecule has 2 aromatic rings. The summed E-state index contributed by atoms with van der Waals surface area (Å²) in [6.45, 7) is 15.9. The molecule has 4 rings (SSSR count). The van der Waals surface area contributed by atoms with E-state index in [-0.39, 0.29) is 34.7 Å². The summed E-state index contributed by atoms with van der Waals surface area (Å²) < 4.78 is 34.7. The van der Waals surface area contributed by atoms with Crippen LogP contribution in [0.5, 0.6) is 0 Å². The maximum atomic E-state index is 14.5. The first-order chi connectivity index (χ1) is 16.3. The fraction of sp³-hybridized carbons (Fsp3) is 0.593. The van der Waals surface area contributed by atoms with Crippen molar-refractivity contribution in [2.75, 3.05) is 19.6 Å². The van der Waals surface area contributed by atoms with Crippen LogP contribution in [0.1, 0.15) is 72.1 Å². The topological polar surface area (TPSA) is 67.3 Å². The number of nitrogens with zero attached hydrogens (tertiary/aromatic N) is 3. The molecule has 2 heterocycles. The van der Waals surface area contributed by atoms with Gasteiger partial charge in [-0.1, -0.05) is 33.8 Å². The molecule has 8 heteroatoms. The average Bonchev–Trinajstić information content (AvgIpc) is 2.95. The zero-order valence-corrected chi connectivity index (χ0v) is 21.7. The number of carbonyl (C=O) groups is 1. The van der Waals surface area contributed by atoms with Crippen LogP contribution in [0.4, 0.5) is 13.6 Å². The molecule has 1 aliphatic heterocycles. The lowest BCUT2D eigenvalue weighted by Crippen LogP contribution is -2.64. The number of carbonyl (C=O) groups excluding carboxylic acids is 1. The Morgan fingerprint density at radius 2 is 1.89 bits per heavy atom. The molecular weight excluding hydrogens is 450 g/mol. The van der Waals surface area contributed by atoms with Crippen molar-refractivity contribution in [1.29, 1.82) is 0 Å². The zero-order valence-electron chi connectivity index (χ0n) is 21.7. The molecule has 35 heavy (non-hydrogen) atoms. The zero-order chi connectivity index (χ0) is 25.8. The molecule has 1 saturated heterocycles. The summed E-state index contributed by atoms with van der Waals surface area (Å²) in [5.41, 5.74) is 0.538. The standard InChI is InChI=1S/C27H36F2N4O2/c1-8-27(21-15-33(13-12-30-21)24(34)35-25(3,4)5)23-17(16(2)26(27,6)7)14-20(31-32-23)22-18(28)10-9-11-19(22)29/h9-11,14,16,21,30H,8,12-13,15H2,1-7H3/t16-,21-,27-/m0/s1. The molecule has 1 aromatic carbocycles. The third-order valence-corrected chi connectivity index (χ3v) is 8.14. The van der Waals surface area contributed by atoms with Crippen molar-refractivity contribution < 1.29 is 18.3 Å². The summed E-state index contributed by atoms with van der Waals surface area (Å²) in [4.78, 5) is 14.6. The number of piperazine rings is 1. The van der Waals surface area contributed by atoms with Gasteiger partial charge in [0.2, 0.25) is 0 Å². The van der Waals surface area contributed by atoms with Crippen molar-refractivity contribution in [2.24, 2.45) is 5.41 Å². The van der Waals surface area contributed by atoms with Crippen LogP contribution in [-0.2, 0) is 10.2 Å². The van der Waals surface area contributed by atoms with Gasteiger partial charge in [0.05, 0.1) is 17.0 Å². The maximum Gasteiger partial charge on any atom is 0.410 e. The number of fused-ring (bicyclic) bond motifs is 1. The van der Waals surface area contributed by atoms with Gasteiger partial charge in [0.1, 0.15) is 17.2 Å². The Hall–Kier alpha value is -2.61. The van der Waals surface area contributed by atoms with E-state index >= 15 is 0 Å². The van der Waals surface area contributed by atoms with E-state index in [0.717, 1.165) is 17.7 Å². The van der Waals surface area contributed by atoms with Crippen molar-refractivity contribution in [1.82, 2.24) is 20.4 Å². The van der Waals surface area contributed by atoms with Crippen LogP contribution in [0.25, 0.3) is 11.3 Å². The van der Waals surface area contributed by atoms with Crippen LogP contribution >= 0.6 is 0 Å². The average molecular weight is 487 g/mol. The second-order valence-corrected chi connectivity index (χ2v) is 11.3. The molecule has 6 nitrogen and oxygen atoms in total. The van der Waals surface area contributed by atoms with Crippen LogP contribution in [0.3, 0.4) is 0 Å². The van der Waals surface area contributed by atoms with E-state index in [1.807, 2.05) is 20.8 Å². The minimum absolute atomic E-state index is 0.0558. The Labute approximate surface area is 206 Å². The highest BCUT2D eigenvalue weighted by Gasteiger charge is 2.61. The lowest BCUT2D eigenvalue weighted by molar-refractivity contribution is 0.00654. The third kappa shape index (κ3) is 4.09. The number of benzene rings is 1. The third-order valence-electron chi connectivity index (χ3n) is 8.14. The molecule has 1 amide bonds. The first kappa shape index (κ1) is 25.5. The van der Waals surface area contributed by atoms with Crippen LogP contribution in [0.15, 0.2) is 24.3 Å². The number of nitrogens with one attached hydrogen (secondary N) is 1. The van der Waals surface area contributed by atoms with Crippen LogP contribution in [0.2, 0.25) is 0 Å². The summed E-state index contributed by atoms with van der Waals surface area (Å²) in [5, 5.41) is 12.6. The second-order valence-electron chi connectivity index (χ2n) is 11.3. The van der Waals surface area contributed by atoms with Gasteiger partial charge < -0.3 is 15.0 Å². The number of amides is 1. The fourth-order valence-electron chi connectivity index (χ4n) is 6.08. The summed E-state index contributed by atoms with van der Waals surface area (Å²) in [7, 11) is 0. The van der Waals surface area contributed by atoms with Gasteiger partial charge in [-0.2, -0.15) is 10.2 Å². The summed E-state index contributed by atoms with van der Waals surface area (Å²) in [6.07, 6.45) is 0.440. The van der Waals surface area contributed by atoms with E-state index in [4.69, 9.17) is 4.74 Å². The second kappa shape index (κ2) is 8.80. The van der Waals surface area contributed by atoms with E-state index in [0.29, 0.717) is 19.6 Å². The van der Waals surface area contributed by atoms with Crippen molar-refractivity contribution >= 4 is 6.09 Å². The van der Waals surface area contributed by atoms with Gasteiger partial charge in [0, 0.05) is 31.1 Å². The van der Waals surface area contributed by atoms with Crippen molar-refractivity contribution in [2.45, 2.75) is 77.9 Å². The minimum atomic E-state index is -0.659. The lowest BCUT2D eigenvalue weighted by Gasteiger charge is -2.51. The summed E-state index contributed by atoms with van der Waals surface area (Å²) in [6, 6.07) is 5.51. The van der Waals surface area contributed by atoms with Crippen molar-refractivity contribution in [3.8, 4) is 11.3 Å². The molecule has 0 unspecified atom stereocenters. The van der Waals surface area contributed by atoms with Crippen LogP contribution < -0.4 is 5.32 Å². The Balaban J connectivity index is 1.77. The Bertz CT molecular complexity index is 1110. The Morgan fingerprint density at radius 1 is 1.23 bits per heavy atom. The molecular formula is C27H36F2N4O2. The minimum Gasteiger partial charge on any atom is -0.444 e. The van der Waals surface area contributed by atoms with E-state index in [2.05, 4.69) is 43.2 Å². The molecule has 0 spiro atoms. The van der Waals surface area contributed by atoms with Gasteiger partial charge in [-0.25, -0.2) is 13.6 Å². The molecule has 0 saturated carbocycles. The Morgan fingerprint density at radius 3 is 2.49 bits per heavy atom. The van der Waals surface area contributed by atoms with Crippen LogP contribution in [-0.4, -0.2) is 52.5 Å². The van der Waals surface area contributed by atoms with Crippen molar-refractivity contribution in [3.63, 3.8) is 0 Å². The fourth-order valence-corrected chi connectivity index (χ4v) is 6.08. The molecule has 190 valence electrons. The predicted molar refractivity (Wildman–Crippen MR) is 131 cm³/mol. The highest BCUT2D eigenvalue weighted by atomic mass is 19.1. The SMILES string of the molecule is CC[C@]1([C@@H]2CN(C(=O)OC(C)(C)C)CCN2)c2nnc(-c3c(F)cccc3F)cc2[C@H](C)C1(C)C. The largest absolute Gasteiger partial charge is 0.444 e. The first-order valence-electron chi connectivity index (χ1n) is 12.4. The number of hydrogen-bond acceptors (Lipinski definition) is 5. The normalized spacial score (nSPS) is 25.9. The van der Waals surface area contributed by atoms with Gasteiger partial charge in [-0.3, -0.25) is 0 Å². The predicted octanol–water partition coefficient (Wildman–Crippen LogP) is 5.42. The first-order valence-corrected chi connectivity index (χ1v) is 12.4. The van der Waals surface area contributed by atoms with Crippen molar-refractivity contribution in [3.05, 3.63) is 47.2 Å². The number of hydrogen-bond donors (Lipinski definition) is 1. The number of ether oxygens (including phenoxy) is 1. The monoisotopic (exact) mass is 486 g/mol. The number of halogens is 2.